The van der Waals surface area contributed by atoms with E-state index in [1.165, 1.54) is 0 Å². The van der Waals surface area contributed by atoms with Crippen LogP contribution in [-0.2, 0) is 0 Å². The SMILES string of the molecule is CCOc1cc(C)nc(NCC(C)(C)CN(C)C)n1. The van der Waals surface area contributed by atoms with E-state index >= 15 is 0 Å². The molecule has 1 N–H and O–H groups in total. The predicted octanol–water partition coefficient (Wildman–Crippen LogP) is 2.18. The molecule has 0 aromatic carbocycles. The van der Waals surface area contributed by atoms with Gasteiger partial charge < -0.3 is 15.0 Å². The lowest BCUT2D eigenvalue weighted by Crippen LogP contribution is -2.34. The highest BCUT2D eigenvalue weighted by atomic mass is 16.5. The molecule has 1 aromatic heterocycles. The summed E-state index contributed by atoms with van der Waals surface area (Å²) in [6, 6.07) is 1.85. The molecule has 0 aliphatic carbocycles. The Bertz CT molecular complexity index is 404. The maximum absolute atomic E-state index is 5.42. The van der Waals surface area contributed by atoms with Gasteiger partial charge >= 0.3 is 0 Å². The van der Waals surface area contributed by atoms with Crippen LogP contribution in [0.3, 0.4) is 0 Å². The summed E-state index contributed by atoms with van der Waals surface area (Å²) in [4.78, 5) is 10.9. The van der Waals surface area contributed by atoms with Crippen LogP contribution in [0.15, 0.2) is 6.07 Å². The van der Waals surface area contributed by atoms with Crippen molar-refractivity contribution in [2.45, 2.75) is 27.7 Å². The van der Waals surface area contributed by atoms with Crippen LogP contribution in [0.1, 0.15) is 26.5 Å². The zero-order chi connectivity index (χ0) is 14.5. The lowest BCUT2D eigenvalue weighted by molar-refractivity contribution is 0.253. The second kappa shape index (κ2) is 6.70. The summed E-state index contributed by atoms with van der Waals surface area (Å²) in [5.74, 6) is 1.26. The third-order valence-corrected chi connectivity index (χ3v) is 2.59. The minimum atomic E-state index is 0.155. The Hall–Kier alpha value is -1.36. The summed E-state index contributed by atoms with van der Waals surface area (Å²) in [6.07, 6.45) is 0. The zero-order valence-corrected chi connectivity index (χ0v) is 12.9. The monoisotopic (exact) mass is 266 g/mol. The first-order valence-corrected chi connectivity index (χ1v) is 6.69. The molecular weight excluding hydrogens is 240 g/mol. The Morgan fingerprint density at radius 2 is 2.00 bits per heavy atom. The quantitative estimate of drug-likeness (QED) is 0.820. The maximum Gasteiger partial charge on any atom is 0.226 e. The molecule has 5 nitrogen and oxygen atoms in total. The Labute approximate surface area is 116 Å². The van der Waals surface area contributed by atoms with Crippen LogP contribution in [0, 0.1) is 12.3 Å². The van der Waals surface area contributed by atoms with Crippen molar-refractivity contribution >= 4 is 5.95 Å². The molecular formula is C14H26N4O. The van der Waals surface area contributed by atoms with E-state index in [1.807, 2.05) is 19.9 Å². The first kappa shape index (κ1) is 15.7. The average Bonchev–Trinajstić information content (AvgIpc) is 2.24. The largest absolute Gasteiger partial charge is 0.478 e. The minimum Gasteiger partial charge on any atom is -0.478 e. The van der Waals surface area contributed by atoms with Crippen LogP contribution in [0.25, 0.3) is 0 Å². The summed E-state index contributed by atoms with van der Waals surface area (Å²) >= 11 is 0. The van der Waals surface area contributed by atoms with Gasteiger partial charge in [0.15, 0.2) is 0 Å². The normalized spacial score (nSPS) is 11.7. The molecule has 0 amide bonds. The van der Waals surface area contributed by atoms with Gasteiger partial charge in [0.05, 0.1) is 6.61 Å². The van der Waals surface area contributed by atoms with Gasteiger partial charge in [0, 0.05) is 24.8 Å². The molecule has 0 atom stereocenters. The van der Waals surface area contributed by atoms with E-state index in [-0.39, 0.29) is 5.41 Å². The third kappa shape index (κ3) is 5.87. The van der Waals surface area contributed by atoms with Gasteiger partial charge in [0.25, 0.3) is 0 Å². The average molecular weight is 266 g/mol. The zero-order valence-electron chi connectivity index (χ0n) is 12.9. The Balaban J connectivity index is 2.66. The number of nitrogens with one attached hydrogen (secondary N) is 1. The van der Waals surface area contributed by atoms with Gasteiger partial charge in [0.2, 0.25) is 11.8 Å². The van der Waals surface area contributed by atoms with Gasteiger partial charge in [0.1, 0.15) is 0 Å². The van der Waals surface area contributed by atoms with Crippen LogP contribution in [0.4, 0.5) is 5.95 Å². The molecule has 0 fully saturated rings. The Morgan fingerprint density at radius 1 is 1.32 bits per heavy atom. The van der Waals surface area contributed by atoms with Gasteiger partial charge in [-0.15, -0.1) is 0 Å². The Morgan fingerprint density at radius 3 is 2.58 bits per heavy atom. The van der Waals surface area contributed by atoms with Gasteiger partial charge in [-0.1, -0.05) is 13.8 Å². The summed E-state index contributed by atoms with van der Waals surface area (Å²) < 4.78 is 5.42. The molecule has 1 rings (SSSR count). The number of hydrogen-bond donors (Lipinski definition) is 1. The van der Waals surface area contributed by atoms with Crippen molar-refractivity contribution in [2.75, 3.05) is 39.1 Å². The second-order valence-corrected chi connectivity index (χ2v) is 5.86. The number of anilines is 1. The molecule has 108 valence electrons. The van der Waals surface area contributed by atoms with Crippen molar-refractivity contribution in [3.63, 3.8) is 0 Å². The third-order valence-electron chi connectivity index (χ3n) is 2.59. The van der Waals surface area contributed by atoms with E-state index in [2.05, 4.69) is 48.1 Å². The van der Waals surface area contributed by atoms with E-state index < -0.39 is 0 Å². The maximum atomic E-state index is 5.42. The highest BCUT2D eigenvalue weighted by Gasteiger charge is 2.19. The van der Waals surface area contributed by atoms with Crippen molar-refractivity contribution < 1.29 is 4.74 Å². The highest BCUT2D eigenvalue weighted by Crippen LogP contribution is 2.18. The number of aryl methyl sites for hydroxylation is 1. The molecule has 0 bridgehead atoms. The minimum absolute atomic E-state index is 0.155. The molecule has 0 radical (unpaired) electrons. The molecule has 0 spiro atoms. The number of rotatable bonds is 7. The molecule has 0 aliphatic rings. The van der Waals surface area contributed by atoms with Gasteiger partial charge in [-0.05, 0) is 33.4 Å². The summed E-state index contributed by atoms with van der Waals surface area (Å²) in [7, 11) is 4.16. The summed E-state index contributed by atoms with van der Waals surface area (Å²) in [5.41, 5.74) is 1.06. The van der Waals surface area contributed by atoms with Crippen molar-refractivity contribution in [1.82, 2.24) is 14.9 Å². The molecule has 1 heterocycles. The van der Waals surface area contributed by atoms with Crippen molar-refractivity contribution in [2.24, 2.45) is 5.41 Å². The van der Waals surface area contributed by atoms with Crippen molar-refractivity contribution in [1.29, 1.82) is 0 Å². The first-order chi connectivity index (χ1) is 8.82. The van der Waals surface area contributed by atoms with Crippen LogP contribution in [0.5, 0.6) is 5.88 Å². The van der Waals surface area contributed by atoms with E-state index in [9.17, 15) is 0 Å². The molecule has 0 saturated carbocycles. The number of hydrogen-bond acceptors (Lipinski definition) is 5. The lowest BCUT2D eigenvalue weighted by atomic mass is 9.93. The van der Waals surface area contributed by atoms with Gasteiger partial charge in [-0.3, -0.25) is 0 Å². The summed E-state index contributed by atoms with van der Waals surface area (Å²) in [5, 5.41) is 3.30. The highest BCUT2D eigenvalue weighted by molar-refractivity contribution is 5.30. The van der Waals surface area contributed by atoms with Crippen molar-refractivity contribution in [3.05, 3.63) is 11.8 Å². The Kier molecular flexibility index (Phi) is 5.54. The number of nitrogens with zero attached hydrogens (tertiary/aromatic N) is 3. The number of aromatic nitrogens is 2. The van der Waals surface area contributed by atoms with Crippen LogP contribution in [-0.4, -0.2) is 48.7 Å². The first-order valence-electron chi connectivity index (χ1n) is 6.69. The van der Waals surface area contributed by atoms with Crippen LogP contribution in [0.2, 0.25) is 0 Å². The smallest absolute Gasteiger partial charge is 0.226 e. The van der Waals surface area contributed by atoms with Gasteiger partial charge in [-0.2, -0.15) is 4.98 Å². The fourth-order valence-electron chi connectivity index (χ4n) is 2.07. The predicted molar refractivity (Wildman–Crippen MR) is 78.8 cm³/mol. The fraction of sp³-hybridized carbons (Fsp3) is 0.714. The van der Waals surface area contributed by atoms with E-state index in [0.29, 0.717) is 18.4 Å². The van der Waals surface area contributed by atoms with Gasteiger partial charge in [-0.25, -0.2) is 4.98 Å². The molecule has 0 aliphatic heterocycles. The standard InChI is InChI=1S/C14H26N4O/c1-7-19-12-8-11(2)16-13(17-12)15-9-14(3,4)10-18(5)6/h8H,7,9-10H2,1-6H3,(H,15,16,17). The summed E-state index contributed by atoms with van der Waals surface area (Å²) in [6.45, 7) is 10.8. The topological polar surface area (TPSA) is 50.3 Å². The van der Waals surface area contributed by atoms with E-state index in [4.69, 9.17) is 4.74 Å². The lowest BCUT2D eigenvalue weighted by Gasteiger charge is -2.28. The molecule has 0 unspecified atom stereocenters. The van der Waals surface area contributed by atoms with E-state index in [1.54, 1.807) is 0 Å². The van der Waals surface area contributed by atoms with Crippen molar-refractivity contribution in [3.8, 4) is 5.88 Å². The fourth-order valence-corrected chi connectivity index (χ4v) is 2.07. The van der Waals surface area contributed by atoms with Crippen LogP contribution >= 0.6 is 0 Å². The van der Waals surface area contributed by atoms with Crippen LogP contribution < -0.4 is 10.1 Å². The molecule has 5 heteroatoms. The number of ether oxygens (including phenoxy) is 1. The molecule has 19 heavy (non-hydrogen) atoms. The van der Waals surface area contributed by atoms with E-state index in [0.717, 1.165) is 18.8 Å². The molecule has 1 aromatic rings. The second-order valence-electron chi connectivity index (χ2n) is 5.86. The molecule has 0 saturated heterocycles.